The number of nitrogens with one attached hydrogen (secondary N) is 1. The molecule has 4 aromatic heterocycles. The molecule has 4 nitrogen and oxygen atoms in total. The minimum atomic E-state index is -0.204. The molecule has 626 valence electrons. The fourth-order valence-corrected chi connectivity index (χ4v) is 21.0. The van der Waals surface area contributed by atoms with Gasteiger partial charge in [-0.25, -0.2) is 0 Å². The predicted molar refractivity (Wildman–Crippen MR) is 581 cm³/mol. The van der Waals surface area contributed by atoms with Crippen molar-refractivity contribution in [3.63, 3.8) is 0 Å². The third kappa shape index (κ3) is 17.5. The van der Waals surface area contributed by atoms with Crippen LogP contribution in [0.1, 0.15) is 0 Å². The molecule has 0 atom stereocenters. The lowest BCUT2D eigenvalue weighted by molar-refractivity contribution is 1.18. The Bertz CT molecular complexity index is 8230. The summed E-state index contributed by atoms with van der Waals surface area (Å²) in [5.41, 5.74) is 31.8. The quantitative estimate of drug-likeness (QED) is 0.104. The van der Waals surface area contributed by atoms with Crippen molar-refractivity contribution in [3.05, 3.63) is 490 Å². The zero-order valence-corrected chi connectivity index (χ0v) is 78.3. The lowest BCUT2D eigenvalue weighted by atomic mass is 9.89. The molecule has 0 aliphatic carbocycles. The molecular weight excluding hydrogens is 1770 g/mol. The van der Waals surface area contributed by atoms with Crippen LogP contribution >= 0.6 is 72.4 Å². The van der Waals surface area contributed by atoms with E-state index in [9.17, 15) is 0 Å². The molecule has 0 amide bonds. The summed E-state index contributed by atoms with van der Waals surface area (Å²) in [5.74, 6) is 0. The molecule has 24 aromatic rings. The number of aromatic nitrogens is 2. The Hall–Kier alpha value is -13.8. The first-order valence-electron chi connectivity index (χ1n) is 43.7. The predicted octanol–water partition coefficient (Wildman–Crippen LogP) is 37.9. The molecule has 0 saturated carbocycles. The van der Waals surface area contributed by atoms with Crippen LogP contribution in [0.25, 0.3) is 184 Å². The van der Waals surface area contributed by atoms with Gasteiger partial charge >= 0.3 is 0 Å². The maximum absolute atomic E-state index is 3.80. The van der Waals surface area contributed by atoms with Gasteiger partial charge in [0.1, 0.15) is 0 Å². The van der Waals surface area contributed by atoms with E-state index in [4.69, 9.17) is 0 Å². The van der Waals surface area contributed by atoms with E-state index >= 15 is 0 Å². The van der Waals surface area contributed by atoms with Gasteiger partial charge in [0.25, 0.3) is 0 Å². The van der Waals surface area contributed by atoms with Gasteiger partial charge in [-0.1, -0.05) is 356 Å². The fourth-order valence-electron chi connectivity index (χ4n) is 18.3. The summed E-state index contributed by atoms with van der Waals surface area (Å²) in [6, 6.07) is 175. The Labute approximate surface area is 787 Å². The van der Waals surface area contributed by atoms with Crippen LogP contribution in [0.5, 0.6) is 0 Å². The minimum absolute atomic E-state index is 0.204. The summed E-state index contributed by atoms with van der Waals surface area (Å²) in [5, 5.41) is 13.7. The van der Waals surface area contributed by atoms with E-state index in [1.54, 1.807) is 0 Å². The molecule has 0 spiro atoms. The SMILES string of the molecule is Brc1ccccc1-c1ccc(-c2ccccc2)cc1-c1ccc2c3ccccc3n(-c3ccccc3)c2c1.[PH-]P([PH-])[PH-].c1ccc(-c2ccc(N(c3ccc4sc5ccccc5c4c3)c3ccccc3-c3ccc(-c4ccccc4)cc3-c3ccc4c5ccccc5n(-c5ccccc5)c4c3)cc2)cc1.c1ccc(-c2ccc(Nc3ccc4sc5ccccc5c4c3)cc2)cc1. The van der Waals surface area contributed by atoms with E-state index < -0.39 is 0 Å². The first kappa shape index (κ1) is 84.1. The highest BCUT2D eigenvalue weighted by atomic mass is 79.9. The average Bonchev–Trinajstić information content (AvgIpc) is 1.62. The van der Waals surface area contributed by atoms with Gasteiger partial charge in [-0.2, -0.15) is 0 Å². The maximum Gasteiger partial charge on any atom is 0.0547 e. The minimum Gasteiger partial charge on any atom is -0.612 e. The number of benzene rings is 20. The number of rotatable bonds is 15. The summed E-state index contributed by atoms with van der Waals surface area (Å²) in [6.45, 7) is -0.204. The lowest BCUT2D eigenvalue weighted by Gasteiger charge is -2.33. The summed E-state index contributed by atoms with van der Waals surface area (Å²) in [6.07, 6.45) is 0. The van der Waals surface area contributed by atoms with E-state index in [1.165, 1.54) is 168 Å². The summed E-state index contributed by atoms with van der Waals surface area (Å²) >= 11 is 7.51. The second kappa shape index (κ2) is 38.1. The van der Waals surface area contributed by atoms with E-state index in [0.717, 1.165) is 49.7 Å². The Morgan fingerprint density at radius 3 is 1.05 bits per heavy atom. The third-order valence-corrected chi connectivity index (χ3v) is 27.4. The van der Waals surface area contributed by atoms with E-state index in [0.29, 0.717) is 0 Å². The molecular formula is C120H84BrN4P4S2-3. The molecule has 4 heterocycles. The molecule has 0 aliphatic rings. The van der Waals surface area contributed by atoms with Crippen LogP contribution in [0.3, 0.4) is 0 Å². The molecule has 1 N–H and O–H groups in total. The van der Waals surface area contributed by atoms with Crippen molar-refractivity contribution in [1.29, 1.82) is 0 Å². The van der Waals surface area contributed by atoms with Gasteiger partial charge in [-0.15, -0.1) is 22.7 Å². The first-order valence-corrected chi connectivity index (χ1v) is 51.5. The fraction of sp³-hybridized carbons (Fsp3) is 0. The highest BCUT2D eigenvalue weighted by molar-refractivity contribution is 9.10. The highest BCUT2D eigenvalue weighted by Gasteiger charge is 2.24. The summed E-state index contributed by atoms with van der Waals surface area (Å²) < 4.78 is 11.1. The number of fused-ring (bicyclic) bond motifs is 12. The van der Waals surface area contributed by atoms with Crippen molar-refractivity contribution < 1.29 is 0 Å². The van der Waals surface area contributed by atoms with E-state index in [1.807, 2.05) is 28.7 Å². The summed E-state index contributed by atoms with van der Waals surface area (Å²) in [4.78, 5) is 2.45. The van der Waals surface area contributed by atoms with Gasteiger partial charge in [0, 0.05) is 106 Å². The van der Waals surface area contributed by atoms with Gasteiger partial charge in [0.05, 0.1) is 27.8 Å². The molecule has 0 fully saturated rings. The molecule has 0 unspecified atom stereocenters. The number of para-hydroxylation sites is 5. The van der Waals surface area contributed by atoms with Crippen LogP contribution in [0.2, 0.25) is 0 Å². The number of thiophene rings is 2. The number of hydrogen-bond donors (Lipinski definition) is 1. The highest BCUT2D eigenvalue weighted by Crippen LogP contribution is 2.60. The van der Waals surface area contributed by atoms with Crippen LogP contribution in [0, 0.1) is 0 Å². The van der Waals surface area contributed by atoms with Gasteiger partial charge in [0.15, 0.2) is 0 Å². The zero-order valence-electron chi connectivity index (χ0n) is 71.2. The van der Waals surface area contributed by atoms with Crippen LogP contribution in [0.4, 0.5) is 28.4 Å². The van der Waals surface area contributed by atoms with Crippen LogP contribution in [-0.4, -0.2) is 9.13 Å². The van der Waals surface area contributed by atoms with Gasteiger partial charge in [-0.3, -0.25) is 0 Å². The van der Waals surface area contributed by atoms with Crippen molar-refractivity contribution >= 4 is 185 Å². The molecule has 11 heteroatoms. The van der Waals surface area contributed by atoms with Crippen LogP contribution in [0.15, 0.2) is 490 Å². The molecule has 24 rings (SSSR count). The smallest absolute Gasteiger partial charge is 0.0547 e. The Morgan fingerprint density at radius 2 is 0.557 bits per heavy atom. The largest absolute Gasteiger partial charge is 0.612 e. The topological polar surface area (TPSA) is 25.1 Å². The van der Waals surface area contributed by atoms with E-state index in [-0.39, 0.29) is 6.99 Å². The number of halogens is 1. The molecule has 131 heavy (non-hydrogen) atoms. The van der Waals surface area contributed by atoms with Gasteiger partial charge < -0.3 is 53.1 Å². The second-order valence-corrected chi connectivity index (χ2v) is 44.1. The number of anilines is 5. The normalized spacial score (nSPS) is 11.3. The van der Waals surface area contributed by atoms with Gasteiger partial charge in [0.2, 0.25) is 0 Å². The van der Waals surface area contributed by atoms with E-state index in [2.05, 4.69) is 541 Å². The van der Waals surface area contributed by atoms with Crippen molar-refractivity contribution in [3.8, 4) is 100 Å². The monoisotopic (exact) mass is 1850 g/mol. The third-order valence-electron chi connectivity index (χ3n) is 24.4. The van der Waals surface area contributed by atoms with Gasteiger partial charge in [-0.05, 0) is 229 Å². The Morgan fingerprint density at radius 1 is 0.221 bits per heavy atom. The van der Waals surface area contributed by atoms with Crippen molar-refractivity contribution in [2.45, 2.75) is 0 Å². The molecule has 0 saturated heterocycles. The molecule has 20 aromatic carbocycles. The van der Waals surface area contributed by atoms with Crippen LogP contribution < -0.4 is 10.2 Å². The number of nitrogens with zero attached hydrogens (tertiary/aromatic N) is 3. The number of hydrogen-bond acceptors (Lipinski definition) is 4. The maximum atomic E-state index is 3.80. The average molecular weight is 1850 g/mol. The second-order valence-electron chi connectivity index (χ2n) is 32.3. The van der Waals surface area contributed by atoms with Crippen molar-refractivity contribution in [2.75, 3.05) is 10.2 Å². The van der Waals surface area contributed by atoms with Crippen molar-refractivity contribution in [1.82, 2.24) is 9.13 Å². The molecule has 0 radical (unpaired) electrons. The van der Waals surface area contributed by atoms with Crippen LogP contribution in [-0.2, 0) is 0 Å². The summed E-state index contributed by atoms with van der Waals surface area (Å²) in [7, 11) is 9.61. The van der Waals surface area contributed by atoms with Crippen molar-refractivity contribution in [2.24, 2.45) is 0 Å². The standard InChI is InChI=1S/C60H40N2S.C36H24BrN.C24H17NS.H3P4/c1-4-16-41(17-5-1)43-28-32-47(33-29-43)61(48-34-37-60-55(40-48)53-24-12-15-27-59(53)63-60)56-25-13-10-22-50(56)49-35-30-44(42-18-6-2-7-19-42)38-54(49)45-31-36-52-51-23-11-14-26-57(51)62(58(52)39-45)46-20-8-3-9-21-46;37-34-17-9-7-15-30(34)29-21-19-26(25-11-3-1-4-12-25)23-33(29)27-20-22-32-31-16-8-10-18-35(31)38(36(32)24-27)28-13-5-2-6-14-28;1-2-6-17(7-3-1)18-10-12-19(13-11-18)25-20-14-15-24-22(16-20)21-8-4-5-9-23(21)26-24;1-4(2)3/h1-40H;1-24H;1-16,25H;1-3H/q;;;-3. The molecule has 0 aliphatic heterocycles. The Balaban J connectivity index is 0.000000128. The lowest BCUT2D eigenvalue weighted by Crippen LogP contribution is -2.11. The molecule has 0 bridgehead atoms. The first-order chi connectivity index (χ1) is 64.6. The Kier molecular flexibility index (Phi) is 24.5. The zero-order chi connectivity index (χ0) is 88.1.